The smallest absolute Gasteiger partial charge is 0.163 e. The molecule has 11 heavy (non-hydrogen) atoms. The Morgan fingerprint density at radius 3 is 2.36 bits per heavy atom. The van der Waals surface area contributed by atoms with Gasteiger partial charge in [-0.3, -0.25) is 0 Å². The van der Waals surface area contributed by atoms with Crippen molar-refractivity contribution in [3.05, 3.63) is 12.2 Å². The lowest BCUT2D eigenvalue weighted by Gasteiger charge is -2.11. The lowest BCUT2D eigenvalue weighted by Crippen LogP contribution is -2.21. The van der Waals surface area contributed by atoms with Gasteiger partial charge in [0.05, 0.1) is 0 Å². The van der Waals surface area contributed by atoms with Crippen molar-refractivity contribution in [3.8, 4) is 0 Å². The molecule has 0 radical (unpaired) electrons. The summed E-state index contributed by atoms with van der Waals surface area (Å²) in [5.41, 5.74) is 0. The zero-order valence-electron chi connectivity index (χ0n) is 7.38. The van der Waals surface area contributed by atoms with Crippen molar-refractivity contribution in [1.82, 2.24) is 0 Å². The Hall–Kier alpha value is -0.340. The van der Waals surface area contributed by atoms with Crippen molar-refractivity contribution < 1.29 is 10.2 Å². The number of hydrogen-bond donors (Lipinski definition) is 2. The van der Waals surface area contributed by atoms with Crippen LogP contribution in [0.15, 0.2) is 12.2 Å². The topological polar surface area (TPSA) is 40.5 Å². The summed E-state index contributed by atoms with van der Waals surface area (Å²) in [6.45, 7) is 3.52. The van der Waals surface area contributed by atoms with E-state index in [0.29, 0.717) is 6.42 Å². The molecule has 0 aromatic carbocycles. The van der Waals surface area contributed by atoms with Gasteiger partial charge in [0, 0.05) is 6.42 Å². The van der Waals surface area contributed by atoms with Crippen LogP contribution in [0.1, 0.15) is 39.5 Å². The van der Waals surface area contributed by atoms with Gasteiger partial charge in [-0.25, -0.2) is 0 Å². The average Bonchev–Trinajstić information content (AvgIpc) is 1.85. The van der Waals surface area contributed by atoms with Gasteiger partial charge in [0.25, 0.3) is 0 Å². The van der Waals surface area contributed by atoms with Crippen molar-refractivity contribution in [2.75, 3.05) is 0 Å². The Morgan fingerprint density at radius 2 is 1.91 bits per heavy atom. The number of rotatable bonds is 5. The highest BCUT2D eigenvalue weighted by molar-refractivity contribution is 4.84. The molecule has 0 unspecified atom stereocenters. The third-order valence-corrected chi connectivity index (χ3v) is 1.40. The number of allylic oxidation sites excluding steroid dienone is 1. The third kappa shape index (κ3) is 9.66. The van der Waals surface area contributed by atoms with Crippen LogP contribution < -0.4 is 0 Å². The van der Waals surface area contributed by atoms with E-state index in [0.717, 1.165) is 6.42 Å². The van der Waals surface area contributed by atoms with Crippen LogP contribution in [-0.4, -0.2) is 16.0 Å². The molecular weight excluding hydrogens is 140 g/mol. The Labute approximate surface area is 68.6 Å². The molecule has 0 aromatic heterocycles. The summed E-state index contributed by atoms with van der Waals surface area (Å²) >= 11 is 0. The van der Waals surface area contributed by atoms with Gasteiger partial charge in [-0.15, -0.1) is 0 Å². The van der Waals surface area contributed by atoms with Gasteiger partial charge in [-0.05, 0) is 13.3 Å². The van der Waals surface area contributed by atoms with E-state index in [1.165, 1.54) is 19.8 Å². The van der Waals surface area contributed by atoms with Crippen LogP contribution in [0.4, 0.5) is 0 Å². The van der Waals surface area contributed by atoms with E-state index < -0.39 is 5.79 Å². The Bertz CT molecular complexity index is 111. The maximum atomic E-state index is 8.88. The van der Waals surface area contributed by atoms with E-state index in [4.69, 9.17) is 10.2 Å². The first-order valence-electron chi connectivity index (χ1n) is 4.16. The number of aliphatic hydroxyl groups is 2. The minimum Gasteiger partial charge on any atom is -0.366 e. The summed E-state index contributed by atoms with van der Waals surface area (Å²) in [6, 6.07) is 0. The maximum absolute atomic E-state index is 8.88. The first kappa shape index (κ1) is 10.7. The first-order chi connectivity index (χ1) is 5.06. The van der Waals surface area contributed by atoms with Gasteiger partial charge in [-0.2, -0.15) is 0 Å². The van der Waals surface area contributed by atoms with Crippen LogP contribution in [0.25, 0.3) is 0 Å². The monoisotopic (exact) mass is 158 g/mol. The van der Waals surface area contributed by atoms with Crippen LogP contribution >= 0.6 is 0 Å². The fourth-order valence-electron chi connectivity index (χ4n) is 0.746. The molecule has 2 heteroatoms. The van der Waals surface area contributed by atoms with Gasteiger partial charge in [0.1, 0.15) is 0 Å². The normalized spacial score (nSPS) is 12.7. The highest BCUT2D eigenvalue weighted by Gasteiger charge is 2.10. The molecule has 0 rings (SSSR count). The second kappa shape index (κ2) is 5.33. The second-order valence-electron chi connectivity index (χ2n) is 3.03. The fourth-order valence-corrected chi connectivity index (χ4v) is 0.746. The molecule has 0 aliphatic rings. The number of hydrogen-bond acceptors (Lipinski definition) is 2. The Balaban J connectivity index is 3.30. The summed E-state index contributed by atoms with van der Waals surface area (Å²) < 4.78 is 0. The van der Waals surface area contributed by atoms with Gasteiger partial charge < -0.3 is 10.2 Å². The zero-order valence-corrected chi connectivity index (χ0v) is 7.38. The molecule has 0 aromatic rings. The highest BCUT2D eigenvalue weighted by Crippen LogP contribution is 2.05. The molecular formula is C9H18O2. The zero-order chi connectivity index (χ0) is 8.74. The second-order valence-corrected chi connectivity index (χ2v) is 3.03. The van der Waals surface area contributed by atoms with Gasteiger partial charge in [0.2, 0.25) is 0 Å². The molecule has 0 fully saturated rings. The van der Waals surface area contributed by atoms with Crippen LogP contribution in [0.5, 0.6) is 0 Å². The van der Waals surface area contributed by atoms with Crippen LogP contribution in [-0.2, 0) is 0 Å². The predicted molar refractivity (Wildman–Crippen MR) is 46.1 cm³/mol. The molecule has 0 atom stereocenters. The van der Waals surface area contributed by atoms with Crippen molar-refractivity contribution in [2.45, 2.75) is 45.3 Å². The SMILES string of the molecule is CCCC/C=C/CC(C)(O)O. The summed E-state index contributed by atoms with van der Waals surface area (Å²) in [5.74, 6) is -1.54. The lowest BCUT2D eigenvalue weighted by atomic mass is 10.2. The van der Waals surface area contributed by atoms with E-state index in [9.17, 15) is 0 Å². The molecule has 2 nitrogen and oxygen atoms in total. The van der Waals surface area contributed by atoms with Crippen LogP contribution in [0.2, 0.25) is 0 Å². The highest BCUT2D eigenvalue weighted by atomic mass is 16.5. The molecule has 66 valence electrons. The average molecular weight is 158 g/mol. The van der Waals surface area contributed by atoms with E-state index in [1.807, 2.05) is 12.2 Å². The minimum absolute atomic E-state index is 0.316. The summed E-state index contributed by atoms with van der Waals surface area (Å²) in [4.78, 5) is 0. The minimum atomic E-state index is -1.54. The van der Waals surface area contributed by atoms with Gasteiger partial charge in [-0.1, -0.05) is 31.9 Å². The Morgan fingerprint density at radius 1 is 1.27 bits per heavy atom. The van der Waals surface area contributed by atoms with Crippen LogP contribution in [0, 0.1) is 0 Å². The van der Waals surface area contributed by atoms with Crippen molar-refractivity contribution in [1.29, 1.82) is 0 Å². The van der Waals surface area contributed by atoms with E-state index in [1.54, 1.807) is 0 Å². The quantitative estimate of drug-likeness (QED) is 0.364. The standard InChI is InChI=1S/C9H18O2/c1-3-4-5-6-7-8-9(2,10)11/h6-7,10-11H,3-5,8H2,1-2H3/b7-6+. The van der Waals surface area contributed by atoms with Crippen molar-refractivity contribution in [3.63, 3.8) is 0 Å². The molecule has 0 heterocycles. The van der Waals surface area contributed by atoms with Gasteiger partial charge in [0.15, 0.2) is 5.79 Å². The predicted octanol–water partition coefficient (Wildman–Crippen LogP) is 1.82. The van der Waals surface area contributed by atoms with Crippen molar-refractivity contribution in [2.24, 2.45) is 0 Å². The summed E-state index contributed by atoms with van der Waals surface area (Å²) in [6.07, 6.45) is 7.51. The largest absolute Gasteiger partial charge is 0.366 e. The summed E-state index contributed by atoms with van der Waals surface area (Å²) in [5, 5.41) is 17.8. The Kier molecular flexibility index (Phi) is 5.16. The fraction of sp³-hybridized carbons (Fsp3) is 0.778. The van der Waals surface area contributed by atoms with Crippen LogP contribution in [0.3, 0.4) is 0 Å². The molecule has 0 saturated heterocycles. The third-order valence-electron chi connectivity index (χ3n) is 1.40. The summed E-state index contributed by atoms with van der Waals surface area (Å²) in [7, 11) is 0. The lowest BCUT2D eigenvalue weighted by molar-refractivity contribution is -0.140. The molecule has 0 aliphatic heterocycles. The van der Waals surface area contributed by atoms with E-state index in [-0.39, 0.29) is 0 Å². The molecule has 2 N–H and O–H groups in total. The maximum Gasteiger partial charge on any atom is 0.163 e. The molecule has 0 bridgehead atoms. The molecule has 0 saturated carbocycles. The molecule has 0 aliphatic carbocycles. The van der Waals surface area contributed by atoms with Gasteiger partial charge >= 0.3 is 0 Å². The molecule has 0 spiro atoms. The van der Waals surface area contributed by atoms with E-state index >= 15 is 0 Å². The van der Waals surface area contributed by atoms with Crippen molar-refractivity contribution >= 4 is 0 Å². The van der Waals surface area contributed by atoms with E-state index in [2.05, 4.69) is 6.92 Å². The molecule has 0 amide bonds. The number of unbranched alkanes of at least 4 members (excludes halogenated alkanes) is 2. The first-order valence-corrected chi connectivity index (χ1v) is 4.16.